The Bertz CT molecular complexity index is 960. The number of carbonyl (C=O) groups excluding carboxylic acids is 1. The molecule has 0 unspecified atom stereocenters. The van der Waals surface area contributed by atoms with E-state index < -0.39 is 21.7 Å². The Hall–Kier alpha value is -1.67. The second-order valence-corrected chi connectivity index (χ2v) is 8.58. The molecule has 1 saturated heterocycles. The standard InChI is InChI=1S/C17H15Cl2FN2O3S/c18-11-3-5-13(15(20)9-11)17(23)21-12-4-6-14(19)16(10-12)26(24,25)22-7-1-2-8-22/h3-6,9-10H,1-2,7-8H2,(H,21,23). The first-order valence-electron chi connectivity index (χ1n) is 7.85. The zero-order valence-electron chi connectivity index (χ0n) is 13.5. The second-order valence-electron chi connectivity index (χ2n) is 5.83. The molecule has 0 aromatic heterocycles. The molecule has 138 valence electrons. The Kier molecular flexibility index (Phi) is 5.53. The van der Waals surface area contributed by atoms with E-state index >= 15 is 0 Å². The maximum absolute atomic E-state index is 13.9. The Morgan fingerprint density at radius 2 is 1.77 bits per heavy atom. The maximum atomic E-state index is 13.9. The summed E-state index contributed by atoms with van der Waals surface area (Å²) in [5, 5.41) is 2.72. The zero-order valence-corrected chi connectivity index (χ0v) is 15.8. The highest BCUT2D eigenvalue weighted by Gasteiger charge is 2.29. The van der Waals surface area contributed by atoms with Gasteiger partial charge in [-0.2, -0.15) is 4.31 Å². The molecule has 0 saturated carbocycles. The predicted octanol–water partition coefficient (Wildman–Crippen LogP) is 4.17. The molecule has 5 nitrogen and oxygen atoms in total. The van der Waals surface area contributed by atoms with Crippen LogP contribution in [0.25, 0.3) is 0 Å². The van der Waals surface area contributed by atoms with Gasteiger partial charge in [-0.05, 0) is 49.2 Å². The number of sulfonamides is 1. The SMILES string of the molecule is O=C(Nc1ccc(Cl)c(S(=O)(=O)N2CCCC2)c1)c1ccc(Cl)cc1F. The molecule has 26 heavy (non-hydrogen) atoms. The number of amides is 1. The highest BCUT2D eigenvalue weighted by Crippen LogP contribution is 2.30. The Morgan fingerprint density at radius 3 is 2.42 bits per heavy atom. The number of benzene rings is 2. The van der Waals surface area contributed by atoms with Gasteiger partial charge in [-0.1, -0.05) is 23.2 Å². The van der Waals surface area contributed by atoms with E-state index in [9.17, 15) is 17.6 Å². The molecular weight excluding hydrogens is 402 g/mol. The van der Waals surface area contributed by atoms with Crippen LogP contribution in [0.5, 0.6) is 0 Å². The van der Waals surface area contributed by atoms with Gasteiger partial charge in [0.05, 0.1) is 10.6 Å². The first kappa shape index (κ1) is 19.1. The number of hydrogen-bond donors (Lipinski definition) is 1. The van der Waals surface area contributed by atoms with Crippen molar-refractivity contribution in [3.8, 4) is 0 Å². The molecule has 1 aliphatic heterocycles. The fourth-order valence-electron chi connectivity index (χ4n) is 2.72. The maximum Gasteiger partial charge on any atom is 0.258 e. The van der Waals surface area contributed by atoms with Crippen LogP contribution in [0.15, 0.2) is 41.3 Å². The average molecular weight is 417 g/mol. The molecule has 0 spiro atoms. The molecule has 0 bridgehead atoms. The molecule has 9 heteroatoms. The lowest BCUT2D eigenvalue weighted by Crippen LogP contribution is -2.28. The summed E-state index contributed by atoms with van der Waals surface area (Å²) < 4.78 is 40.6. The van der Waals surface area contributed by atoms with E-state index in [-0.39, 0.29) is 26.2 Å². The van der Waals surface area contributed by atoms with E-state index in [2.05, 4.69) is 5.32 Å². The van der Waals surface area contributed by atoms with Crippen LogP contribution in [0, 0.1) is 5.82 Å². The summed E-state index contributed by atoms with van der Waals surface area (Å²) in [6.07, 6.45) is 1.59. The third kappa shape index (κ3) is 3.86. The molecular formula is C17H15Cl2FN2O3S. The number of halogens is 3. The smallest absolute Gasteiger partial charge is 0.258 e. The van der Waals surface area contributed by atoms with Gasteiger partial charge in [0, 0.05) is 23.8 Å². The summed E-state index contributed by atoms with van der Waals surface area (Å²) in [7, 11) is -3.75. The van der Waals surface area contributed by atoms with Gasteiger partial charge in [0.1, 0.15) is 10.7 Å². The average Bonchev–Trinajstić information content (AvgIpc) is 3.11. The lowest BCUT2D eigenvalue weighted by molar-refractivity contribution is 0.102. The third-order valence-corrected chi connectivity index (χ3v) is 6.66. The molecule has 1 N–H and O–H groups in total. The molecule has 3 rings (SSSR count). The van der Waals surface area contributed by atoms with Crippen LogP contribution in [-0.2, 0) is 10.0 Å². The van der Waals surface area contributed by atoms with Crippen molar-refractivity contribution < 1.29 is 17.6 Å². The van der Waals surface area contributed by atoms with Gasteiger partial charge >= 0.3 is 0 Å². The monoisotopic (exact) mass is 416 g/mol. The topological polar surface area (TPSA) is 66.5 Å². The van der Waals surface area contributed by atoms with Gasteiger partial charge in [0.15, 0.2) is 0 Å². The number of carbonyl (C=O) groups is 1. The fraction of sp³-hybridized carbons (Fsp3) is 0.235. The van der Waals surface area contributed by atoms with Crippen LogP contribution < -0.4 is 5.32 Å². The van der Waals surface area contributed by atoms with E-state index in [0.717, 1.165) is 18.9 Å². The van der Waals surface area contributed by atoms with Gasteiger partial charge in [-0.15, -0.1) is 0 Å². The number of nitrogens with one attached hydrogen (secondary N) is 1. The molecule has 0 atom stereocenters. The van der Waals surface area contributed by atoms with Crippen molar-refractivity contribution in [1.82, 2.24) is 4.31 Å². The molecule has 0 radical (unpaired) electrons. The van der Waals surface area contributed by atoms with Gasteiger partial charge in [0.2, 0.25) is 10.0 Å². The van der Waals surface area contributed by atoms with Crippen LogP contribution in [0.4, 0.5) is 10.1 Å². The Balaban J connectivity index is 1.89. The lowest BCUT2D eigenvalue weighted by Gasteiger charge is -2.17. The summed E-state index contributed by atoms with van der Waals surface area (Å²) >= 11 is 11.7. The van der Waals surface area contributed by atoms with Gasteiger partial charge in [-0.3, -0.25) is 4.79 Å². The summed E-state index contributed by atoms with van der Waals surface area (Å²) in [5.41, 5.74) is -0.000165. The normalized spacial score (nSPS) is 15.2. The number of rotatable bonds is 4. The Labute approximate surface area is 160 Å². The minimum absolute atomic E-state index is 0.0626. The van der Waals surface area contributed by atoms with E-state index in [0.29, 0.717) is 13.1 Å². The summed E-state index contributed by atoms with van der Waals surface area (Å²) in [6.45, 7) is 0.871. The minimum Gasteiger partial charge on any atom is -0.322 e. The lowest BCUT2D eigenvalue weighted by atomic mass is 10.2. The van der Waals surface area contributed by atoms with Crippen LogP contribution in [0.2, 0.25) is 10.0 Å². The molecule has 1 fully saturated rings. The number of anilines is 1. The van der Waals surface area contributed by atoms with Crippen molar-refractivity contribution in [2.45, 2.75) is 17.7 Å². The van der Waals surface area contributed by atoms with E-state index in [1.54, 1.807) is 0 Å². The summed E-state index contributed by atoms with van der Waals surface area (Å²) in [6, 6.07) is 7.80. The molecule has 1 aliphatic rings. The largest absolute Gasteiger partial charge is 0.322 e. The van der Waals surface area contributed by atoms with Crippen molar-refractivity contribution >= 4 is 44.8 Å². The summed E-state index contributed by atoms with van der Waals surface area (Å²) in [5.74, 6) is -1.49. The third-order valence-electron chi connectivity index (χ3n) is 4.05. The van der Waals surface area contributed by atoms with Crippen molar-refractivity contribution in [1.29, 1.82) is 0 Å². The molecule has 2 aromatic carbocycles. The van der Waals surface area contributed by atoms with Gasteiger partial charge in [-0.25, -0.2) is 12.8 Å². The second kappa shape index (κ2) is 7.52. The number of hydrogen-bond acceptors (Lipinski definition) is 3. The first-order valence-corrected chi connectivity index (χ1v) is 10.0. The van der Waals surface area contributed by atoms with Crippen molar-refractivity contribution in [3.05, 3.63) is 57.8 Å². The van der Waals surface area contributed by atoms with E-state index in [1.165, 1.54) is 34.6 Å². The molecule has 0 aliphatic carbocycles. The van der Waals surface area contributed by atoms with E-state index in [4.69, 9.17) is 23.2 Å². The molecule has 1 amide bonds. The van der Waals surface area contributed by atoms with Crippen molar-refractivity contribution in [2.24, 2.45) is 0 Å². The van der Waals surface area contributed by atoms with Crippen molar-refractivity contribution in [2.75, 3.05) is 18.4 Å². The van der Waals surface area contributed by atoms with Crippen LogP contribution in [0.1, 0.15) is 23.2 Å². The number of nitrogens with zero attached hydrogens (tertiary/aromatic N) is 1. The van der Waals surface area contributed by atoms with Crippen LogP contribution in [-0.4, -0.2) is 31.7 Å². The van der Waals surface area contributed by atoms with Crippen molar-refractivity contribution in [3.63, 3.8) is 0 Å². The zero-order chi connectivity index (χ0) is 18.9. The highest BCUT2D eigenvalue weighted by molar-refractivity contribution is 7.89. The molecule has 2 aromatic rings. The fourth-order valence-corrected chi connectivity index (χ4v) is 4.89. The molecule has 1 heterocycles. The Morgan fingerprint density at radius 1 is 1.08 bits per heavy atom. The van der Waals surface area contributed by atoms with E-state index in [1.807, 2.05) is 0 Å². The highest BCUT2D eigenvalue weighted by atomic mass is 35.5. The first-order chi connectivity index (χ1) is 12.3. The van der Waals surface area contributed by atoms with Gasteiger partial charge in [0.25, 0.3) is 5.91 Å². The minimum atomic E-state index is -3.75. The van der Waals surface area contributed by atoms with Gasteiger partial charge < -0.3 is 5.32 Å². The van der Waals surface area contributed by atoms with Crippen LogP contribution in [0.3, 0.4) is 0 Å². The quantitative estimate of drug-likeness (QED) is 0.812. The predicted molar refractivity (Wildman–Crippen MR) is 98.8 cm³/mol. The summed E-state index contributed by atoms with van der Waals surface area (Å²) in [4.78, 5) is 12.2. The van der Waals surface area contributed by atoms with Crippen LogP contribution >= 0.6 is 23.2 Å².